The van der Waals surface area contributed by atoms with Gasteiger partial charge >= 0.3 is 5.97 Å². The molecular formula is C9H9F2NO4. The zero-order valence-corrected chi connectivity index (χ0v) is 8.29. The summed E-state index contributed by atoms with van der Waals surface area (Å²) < 4.78 is 28.8. The molecule has 2 N–H and O–H groups in total. The lowest BCUT2D eigenvalue weighted by atomic mass is 10.1. The number of ether oxygens (including phenoxy) is 1. The topological polar surface area (TPSA) is 79.4 Å². The van der Waals surface area contributed by atoms with E-state index in [2.05, 4.69) is 9.72 Å². The van der Waals surface area contributed by atoms with E-state index in [9.17, 15) is 18.4 Å². The van der Waals surface area contributed by atoms with Gasteiger partial charge in [0, 0.05) is 11.8 Å². The normalized spacial score (nSPS) is 10.5. The van der Waals surface area contributed by atoms with E-state index in [4.69, 9.17) is 5.11 Å². The summed E-state index contributed by atoms with van der Waals surface area (Å²) in [5.41, 5.74) is -1.99. The van der Waals surface area contributed by atoms with Crippen molar-refractivity contribution in [3.63, 3.8) is 0 Å². The van der Waals surface area contributed by atoms with Crippen LogP contribution in [0.15, 0.2) is 11.0 Å². The highest BCUT2D eigenvalue weighted by molar-refractivity contribution is 5.72. The Labute approximate surface area is 88.7 Å². The molecule has 0 atom stereocenters. The molecule has 0 spiro atoms. The molecule has 1 aromatic heterocycles. The van der Waals surface area contributed by atoms with E-state index in [0.29, 0.717) is 0 Å². The van der Waals surface area contributed by atoms with Crippen LogP contribution in [0, 0.1) is 0 Å². The second kappa shape index (κ2) is 4.73. The third-order valence-corrected chi connectivity index (χ3v) is 1.94. The van der Waals surface area contributed by atoms with E-state index >= 15 is 0 Å². The van der Waals surface area contributed by atoms with E-state index < -0.39 is 29.3 Å². The second-order valence-corrected chi connectivity index (χ2v) is 2.96. The Kier molecular flexibility index (Phi) is 3.60. The fourth-order valence-electron chi connectivity index (χ4n) is 1.10. The number of aromatic nitrogens is 1. The van der Waals surface area contributed by atoms with Crippen molar-refractivity contribution in [1.82, 2.24) is 4.98 Å². The number of hydrogen-bond acceptors (Lipinski definition) is 4. The Hall–Kier alpha value is -1.92. The fourth-order valence-corrected chi connectivity index (χ4v) is 1.10. The van der Waals surface area contributed by atoms with Gasteiger partial charge in [-0.05, 0) is 0 Å². The Bertz CT molecular complexity index is 455. The van der Waals surface area contributed by atoms with Crippen molar-refractivity contribution >= 4 is 5.97 Å². The van der Waals surface area contributed by atoms with E-state index in [1.807, 2.05) is 0 Å². The molecule has 0 unspecified atom stereocenters. The lowest BCUT2D eigenvalue weighted by Crippen LogP contribution is -2.16. The van der Waals surface area contributed by atoms with Crippen molar-refractivity contribution < 1.29 is 23.4 Å². The quantitative estimate of drug-likeness (QED) is 0.754. The van der Waals surface area contributed by atoms with Gasteiger partial charge in [0.1, 0.15) is 5.69 Å². The molecule has 1 rings (SSSR count). The molecule has 88 valence electrons. The first-order valence-corrected chi connectivity index (χ1v) is 4.25. The molecule has 7 heteroatoms. The molecule has 16 heavy (non-hydrogen) atoms. The molecule has 5 nitrogen and oxygen atoms in total. The molecule has 0 radical (unpaired) electrons. The summed E-state index contributed by atoms with van der Waals surface area (Å²) in [6, 6.07) is 0. The summed E-state index contributed by atoms with van der Waals surface area (Å²) in [7, 11) is 1.13. The van der Waals surface area contributed by atoms with Gasteiger partial charge in [0.2, 0.25) is 5.43 Å². The predicted molar refractivity (Wildman–Crippen MR) is 49.4 cm³/mol. The Morgan fingerprint density at radius 1 is 1.62 bits per heavy atom. The minimum Gasteiger partial charge on any atom is -0.503 e. The van der Waals surface area contributed by atoms with Gasteiger partial charge in [-0.15, -0.1) is 0 Å². The van der Waals surface area contributed by atoms with Crippen LogP contribution >= 0.6 is 0 Å². The van der Waals surface area contributed by atoms with Crippen LogP contribution in [-0.2, 0) is 16.0 Å². The number of carbonyl (C=O) groups excluding carboxylic acids is 1. The summed E-state index contributed by atoms with van der Waals surface area (Å²) in [5, 5.41) is 9.16. The van der Waals surface area contributed by atoms with E-state index in [-0.39, 0.29) is 12.0 Å². The number of aromatic amines is 1. The van der Waals surface area contributed by atoms with Crippen molar-refractivity contribution in [3.05, 3.63) is 27.7 Å². The molecule has 0 aliphatic rings. The van der Waals surface area contributed by atoms with E-state index in [0.717, 1.165) is 13.3 Å². The van der Waals surface area contributed by atoms with Crippen LogP contribution in [0.4, 0.5) is 8.78 Å². The van der Waals surface area contributed by atoms with Crippen LogP contribution in [0.2, 0.25) is 0 Å². The minimum absolute atomic E-state index is 0.131. The maximum Gasteiger partial charge on any atom is 0.310 e. The smallest absolute Gasteiger partial charge is 0.310 e. The standard InChI is InChI=1S/C9H9F2NO4/c1-16-5(13)2-4-3-12-6(9(10)11)8(15)7(4)14/h3,9,15H,2H2,1H3,(H,12,14). The third-order valence-electron chi connectivity index (χ3n) is 1.94. The average molecular weight is 233 g/mol. The van der Waals surface area contributed by atoms with Gasteiger partial charge in [0.15, 0.2) is 5.75 Å². The number of hydrogen-bond donors (Lipinski definition) is 2. The summed E-state index contributed by atoms with van der Waals surface area (Å²) in [6.45, 7) is 0. The maximum atomic E-state index is 12.2. The SMILES string of the molecule is COC(=O)Cc1c[nH]c(C(F)F)c(O)c1=O. The van der Waals surface area contributed by atoms with Crippen molar-refractivity contribution in [2.75, 3.05) is 7.11 Å². The van der Waals surface area contributed by atoms with Crippen molar-refractivity contribution in [3.8, 4) is 5.75 Å². The highest BCUT2D eigenvalue weighted by atomic mass is 19.3. The molecule has 0 fully saturated rings. The molecular weight excluding hydrogens is 224 g/mol. The van der Waals surface area contributed by atoms with Gasteiger partial charge in [-0.2, -0.15) is 0 Å². The molecule has 0 saturated heterocycles. The number of pyridine rings is 1. The van der Waals surface area contributed by atoms with Crippen LogP contribution in [0.1, 0.15) is 17.7 Å². The van der Waals surface area contributed by atoms with Crippen LogP contribution in [0.25, 0.3) is 0 Å². The number of alkyl halides is 2. The van der Waals surface area contributed by atoms with Gasteiger partial charge in [0.25, 0.3) is 6.43 Å². The number of carbonyl (C=O) groups is 1. The zero-order chi connectivity index (χ0) is 12.3. The largest absolute Gasteiger partial charge is 0.503 e. The second-order valence-electron chi connectivity index (χ2n) is 2.96. The first-order valence-electron chi connectivity index (χ1n) is 4.25. The van der Waals surface area contributed by atoms with Crippen LogP contribution in [0.3, 0.4) is 0 Å². The lowest BCUT2D eigenvalue weighted by Gasteiger charge is -2.05. The van der Waals surface area contributed by atoms with Gasteiger partial charge in [-0.25, -0.2) is 8.78 Å². The van der Waals surface area contributed by atoms with E-state index in [1.54, 1.807) is 0 Å². The summed E-state index contributed by atoms with van der Waals surface area (Å²) >= 11 is 0. The number of esters is 1. The fraction of sp³-hybridized carbons (Fsp3) is 0.333. The average Bonchev–Trinajstić information content (AvgIpc) is 2.24. The molecule has 0 saturated carbocycles. The van der Waals surface area contributed by atoms with Gasteiger partial charge in [0.05, 0.1) is 13.5 Å². The van der Waals surface area contributed by atoms with Crippen LogP contribution in [-0.4, -0.2) is 23.2 Å². The highest BCUT2D eigenvalue weighted by Gasteiger charge is 2.19. The summed E-state index contributed by atoms with van der Waals surface area (Å²) in [6.07, 6.45) is -2.41. The molecule has 0 aromatic carbocycles. The van der Waals surface area contributed by atoms with Crippen LogP contribution in [0.5, 0.6) is 5.75 Å². The Balaban J connectivity index is 3.12. The van der Waals surface area contributed by atoms with Crippen LogP contribution < -0.4 is 5.43 Å². The number of nitrogens with one attached hydrogen (secondary N) is 1. The third kappa shape index (κ3) is 2.36. The first-order chi connectivity index (χ1) is 7.47. The molecule has 0 bridgehead atoms. The first kappa shape index (κ1) is 12.2. The number of aromatic hydroxyl groups is 1. The number of halogens is 2. The zero-order valence-electron chi connectivity index (χ0n) is 8.29. The van der Waals surface area contributed by atoms with Gasteiger partial charge in [-0.1, -0.05) is 0 Å². The maximum absolute atomic E-state index is 12.2. The van der Waals surface area contributed by atoms with Crippen molar-refractivity contribution in [2.45, 2.75) is 12.8 Å². The number of rotatable bonds is 3. The molecule has 0 aliphatic heterocycles. The van der Waals surface area contributed by atoms with E-state index in [1.165, 1.54) is 0 Å². The lowest BCUT2D eigenvalue weighted by molar-refractivity contribution is -0.139. The summed E-state index contributed by atoms with van der Waals surface area (Å²) in [4.78, 5) is 24.3. The summed E-state index contributed by atoms with van der Waals surface area (Å²) in [5.74, 6) is -1.77. The Morgan fingerprint density at radius 2 is 2.25 bits per heavy atom. The molecule has 1 aromatic rings. The molecule has 0 amide bonds. The predicted octanol–water partition coefficient (Wildman–Crippen LogP) is 0.734. The van der Waals surface area contributed by atoms with Crippen molar-refractivity contribution in [1.29, 1.82) is 0 Å². The van der Waals surface area contributed by atoms with Gasteiger partial charge in [-0.3, -0.25) is 9.59 Å². The Morgan fingerprint density at radius 3 is 2.75 bits per heavy atom. The molecule has 1 heterocycles. The van der Waals surface area contributed by atoms with Gasteiger partial charge < -0.3 is 14.8 Å². The molecule has 0 aliphatic carbocycles. The number of H-pyrrole nitrogens is 1. The van der Waals surface area contributed by atoms with Crippen molar-refractivity contribution in [2.24, 2.45) is 0 Å². The highest BCUT2D eigenvalue weighted by Crippen LogP contribution is 2.22. The monoisotopic (exact) mass is 233 g/mol. The number of methoxy groups -OCH3 is 1. The minimum atomic E-state index is -2.99.